The lowest BCUT2D eigenvalue weighted by Gasteiger charge is -2.27. The second-order valence-corrected chi connectivity index (χ2v) is 5.85. The molecule has 2 N–H and O–H groups in total. The van der Waals surface area contributed by atoms with Gasteiger partial charge in [-0.25, -0.2) is 4.98 Å². The van der Waals surface area contributed by atoms with Gasteiger partial charge in [0.2, 0.25) is 11.8 Å². The SMILES string of the molecule is CC(=O)OCC(O)COc1nc(N2CCNCC2)nc2ccccc12. The van der Waals surface area contributed by atoms with E-state index in [4.69, 9.17) is 9.47 Å². The number of fused-ring (bicyclic) bond motifs is 1. The van der Waals surface area contributed by atoms with Crippen molar-refractivity contribution in [2.24, 2.45) is 0 Å². The Kier molecular flexibility index (Phi) is 5.62. The van der Waals surface area contributed by atoms with Gasteiger partial charge in [0.05, 0.1) is 10.9 Å². The number of aliphatic hydroxyl groups excluding tert-OH is 1. The number of hydrogen-bond acceptors (Lipinski definition) is 8. The summed E-state index contributed by atoms with van der Waals surface area (Å²) >= 11 is 0. The molecule has 25 heavy (non-hydrogen) atoms. The molecule has 0 radical (unpaired) electrons. The van der Waals surface area contributed by atoms with Gasteiger partial charge in [-0.2, -0.15) is 4.98 Å². The van der Waals surface area contributed by atoms with Crippen LogP contribution < -0.4 is 15.0 Å². The number of carbonyl (C=O) groups is 1. The van der Waals surface area contributed by atoms with Gasteiger partial charge in [-0.05, 0) is 12.1 Å². The molecule has 2 aromatic rings. The van der Waals surface area contributed by atoms with Gasteiger partial charge < -0.3 is 24.8 Å². The number of rotatable bonds is 6. The highest BCUT2D eigenvalue weighted by molar-refractivity contribution is 5.84. The largest absolute Gasteiger partial charge is 0.474 e. The third-order valence-corrected chi connectivity index (χ3v) is 3.85. The molecule has 0 aliphatic carbocycles. The lowest BCUT2D eigenvalue weighted by Crippen LogP contribution is -2.44. The van der Waals surface area contributed by atoms with Crippen molar-refractivity contribution >= 4 is 22.8 Å². The van der Waals surface area contributed by atoms with E-state index in [1.807, 2.05) is 24.3 Å². The van der Waals surface area contributed by atoms with E-state index < -0.39 is 12.1 Å². The first-order valence-electron chi connectivity index (χ1n) is 8.30. The van der Waals surface area contributed by atoms with Crippen LogP contribution in [-0.2, 0) is 9.53 Å². The first kappa shape index (κ1) is 17.4. The van der Waals surface area contributed by atoms with Crippen LogP contribution in [0.2, 0.25) is 0 Å². The van der Waals surface area contributed by atoms with Crippen LogP contribution in [0.25, 0.3) is 10.9 Å². The molecule has 8 nitrogen and oxygen atoms in total. The number of esters is 1. The van der Waals surface area contributed by atoms with E-state index in [2.05, 4.69) is 20.2 Å². The molecule has 0 spiro atoms. The lowest BCUT2D eigenvalue weighted by atomic mass is 10.2. The minimum atomic E-state index is -0.916. The van der Waals surface area contributed by atoms with Crippen molar-refractivity contribution in [2.45, 2.75) is 13.0 Å². The minimum Gasteiger partial charge on any atom is -0.474 e. The summed E-state index contributed by atoms with van der Waals surface area (Å²) in [5.74, 6) is 0.596. The van der Waals surface area contributed by atoms with Crippen molar-refractivity contribution in [3.8, 4) is 5.88 Å². The minimum absolute atomic E-state index is 0.0186. The van der Waals surface area contributed by atoms with Gasteiger partial charge in [-0.1, -0.05) is 12.1 Å². The number of hydrogen-bond donors (Lipinski definition) is 2. The van der Waals surface area contributed by atoms with Gasteiger partial charge in [-0.15, -0.1) is 0 Å². The summed E-state index contributed by atoms with van der Waals surface area (Å²) in [6, 6.07) is 7.59. The number of anilines is 1. The maximum atomic E-state index is 10.8. The maximum Gasteiger partial charge on any atom is 0.302 e. The Morgan fingerprint density at radius 2 is 2.04 bits per heavy atom. The molecular weight excluding hydrogens is 324 g/mol. The van der Waals surface area contributed by atoms with Crippen molar-refractivity contribution in [3.63, 3.8) is 0 Å². The molecular formula is C17H22N4O4. The Labute approximate surface area is 145 Å². The number of nitrogens with one attached hydrogen (secondary N) is 1. The monoisotopic (exact) mass is 346 g/mol. The highest BCUT2D eigenvalue weighted by atomic mass is 16.5. The van der Waals surface area contributed by atoms with Gasteiger partial charge in [0.25, 0.3) is 0 Å². The first-order valence-corrected chi connectivity index (χ1v) is 8.30. The van der Waals surface area contributed by atoms with Crippen LogP contribution in [0, 0.1) is 0 Å². The number of para-hydroxylation sites is 1. The number of piperazine rings is 1. The van der Waals surface area contributed by atoms with E-state index >= 15 is 0 Å². The predicted molar refractivity (Wildman–Crippen MR) is 92.8 cm³/mol. The molecule has 1 aliphatic heterocycles. The van der Waals surface area contributed by atoms with E-state index in [1.54, 1.807) is 0 Å². The van der Waals surface area contributed by atoms with Crippen molar-refractivity contribution < 1.29 is 19.4 Å². The van der Waals surface area contributed by atoms with Gasteiger partial charge >= 0.3 is 5.97 Å². The number of aromatic nitrogens is 2. The highest BCUT2D eigenvalue weighted by Gasteiger charge is 2.17. The quantitative estimate of drug-likeness (QED) is 0.723. The molecule has 1 aromatic carbocycles. The number of nitrogens with zero attached hydrogens (tertiary/aromatic N) is 3. The fraction of sp³-hybridized carbons (Fsp3) is 0.471. The summed E-state index contributed by atoms with van der Waals surface area (Å²) in [5.41, 5.74) is 0.788. The van der Waals surface area contributed by atoms with Crippen molar-refractivity contribution in [1.29, 1.82) is 0 Å². The van der Waals surface area contributed by atoms with Crippen molar-refractivity contribution in [2.75, 3.05) is 44.3 Å². The normalized spacial score (nSPS) is 15.8. The fourth-order valence-electron chi connectivity index (χ4n) is 2.59. The Balaban J connectivity index is 1.78. The lowest BCUT2D eigenvalue weighted by molar-refractivity contribution is -0.144. The van der Waals surface area contributed by atoms with Crippen LogP contribution in [0.15, 0.2) is 24.3 Å². The van der Waals surface area contributed by atoms with E-state index in [1.165, 1.54) is 6.92 Å². The number of aliphatic hydroxyl groups is 1. The summed E-state index contributed by atoms with van der Waals surface area (Å²) in [6.45, 7) is 4.59. The van der Waals surface area contributed by atoms with Gasteiger partial charge in [0.1, 0.15) is 19.3 Å². The molecule has 1 aromatic heterocycles. The van der Waals surface area contributed by atoms with Crippen LogP contribution in [-0.4, -0.2) is 66.5 Å². The van der Waals surface area contributed by atoms with Gasteiger partial charge in [-0.3, -0.25) is 4.79 Å². The average Bonchev–Trinajstić information content (AvgIpc) is 2.65. The highest BCUT2D eigenvalue weighted by Crippen LogP contribution is 2.25. The molecule has 2 heterocycles. The zero-order valence-electron chi connectivity index (χ0n) is 14.1. The number of carbonyl (C=O) groups excluding carboxylic acids is 1. The summed E-state index contributed by atoms with van der Waals surface area (Å²) < 4.78 is 10.5. The van der Waals surface area contributed by atoms with E-state index in [9.17, 15) is 9.90 Å². The summed E-state index contributed by atoms with van der Waals surface area (Å²) in [7, 11) is 0. The first-order chi connectivity index (χ1) is 12.1. The molecule has 0 bridgehead atoms. The third-order valence-electron chi connectivity index (χ3n) is 3.85. The molecule has 3 rings (SSSR count). The molecule has 0 amide bonds. The number of benzene rings is 1. The Morgan fingerprint density at radius 1 is 1.28 bits per heavy atom. The standard InChI is InChI=1S/C17H22N4O4/c1-12(22)24-10-13(23)11-25-16-14-4-2-3-5-15(14)19-17(20-16)21-8-6-18-7-9-21/h2-5,13,18,23H,6-11H2,1H3. The van der Waals surface area contributed by atoms with Crippen LogP contribution >= 0.6 is 0 Å². The zero-order chi connectivity index (χ0) is 17.6. The van der Waals surface area contributed by atoms with Crippen LogP contribution in [0.3, 0.4) is 0 Å². The topological polar surface area (TPSA) is 96.8 Å². The molecule has 8 heteroatoms. The molecule has 1 fully saturated rings. The Hall–Kier alpha value is -2.45. The van der Waals surface area contributed by atoms with E-state index in [0.29, 0.717) is 11.8 Å². The van der Waals surface area contributed by atoms with Crippen LogP contribution in [0.1, 0.15) is 6.92 Å². The van der Waals surface area contributed by atoms with Crippen molar-refractivity contribution in [1.82, 2.24) is 15.3 Å². The molecule has 134 valence electrons. The van der Waals surface area contributed by atoms with Gasteiger partial charge in [0.15, 0.2) is 0 Å². The smallest absolute Gasteiger partial charge is 0.302 e. The van der Waals surface area contributed by atoms with Crippen LogP contribution in [0.4, 0.5) is 5.95 Å². The van der Waals surface area contributed by atoms with Gasteiger partial charge in [0, 0.05) is 33.1 Å². The molecule has 1 atom stereocenters. The second kappa shape index (κ2) is 8.09. The van der Waals surface area contributed by atoms with E-state index in [0.717, 1.165) is 37.1 Å². The predicted octanol–water partition coefficient (Wildman–Crippen LogP) is 0.342. The summed E-state index contributed by atoms with van der Waals surface area (Å²) in [5, 5.41) is 14.0. The summed E-state index contributed by atoms with van der Waals surface area (Å²) in [6.07, 6.45) is -0.916. The van der Waals surface area contributed by atoms with Crippen LogP contribution in [0.5, 0.6) is 5.88 Å². The van der Waals surface area contributed by atoms with E-state index in [-0.39, 0.29) is 13.2 Å². The molecule has 1 unspecified atom stereocenters. The third kappa shape index (κ3) is 4.55. The second-order valence-electron chi connectivity index (χ2n) is 5.85. The Morgan fingerprint density at radius 3 is 2.80 bits per heavy atom. The molecule has 0 saturated carbocycles. The zero-order valence-corrected chi connectivity index (χ0v) is 14.1. The van der Waals surface area contributed by atoms with Crippen molar-refractivity contribution in [3.05, 3.63) is 24.3 Å². The molecule has 1 aliphatic rings. The fourth-order valence-corrected chi connectivity index (χ4v) is 2.59. The average molecular weight is 346 g/mol. The maximum absolute atomic E-state index is 10.8. The molecule has 1 saturated heterocycles. The summed E-state index contributed by atoms with van der Waals surface area (Å²) in [4.78, 5) is 22.1. The number of ether oxygens (including phenoxy) is 2. The Bertz CT molecular complexity index is 734.